The molecule has 0 aliphatic carbocycles. The Bertz CT molecular complexity index is 1030. The summed E-state index contributed by atoms with van der Waals surface area (Å²) in [5.74, 6) is -0.259. The maximum absolute atomic E-state index is 11.1. The van der Waals surface area contributed by atoms with Gasteiger partial charge in [0.05, 0.1) is 10.3 Å². The SMILES string of the molecule is CC1(C)c2ccccc2N(CCCC(=O)O)[C@@]12C=Cc1cc([N+](=O)[O-])ccc1O2. The third-order valence-corrected chi connectivity index (χ3v) is 5.90. The van der Waals surface area contributed by atoms with Gasteiger partial charge in [0.25, 0.3) is 5.69 Å². The molecule has 0 bridgehead atoms. The summed E-state index contributed by atoms with van der Waals surface area (Å²) in [7, 11) is 0. The Hall–Kier alpha value is -3.35. The van der Waals surface area contributed by atoms with E-state index in [1.54, 1.807) is 6.07 Å². The van der Waals surface area contributed by atoms with Crippen LogP contribution in [0.2, 0.25) is 0 Å². The average molecular weight is 394 g/mol. The van der Waals surface area contributed by atoms with E-state index in [0.717, 1.165) is 11.3 Å². The van der Waals surface area contributed by atoms with Crippen molar-refractivity contribution in [1.82, 2.24) is 0 Å². The summed E-state index contributed by atoms with van der Waals surface area (Å²) in [4.78, 5) is 23.8. The molecule has 0 aromatic heterocycles. The van der Waals surface area contributed by atoms with Crippen LogP contribution in [0, 0.1) is 10.1 Å². The Labute approximate surface area is 168 Å². The highest BCUT2D eigenvalue weighted by Gasteiger charge is 2.58. The normalized spacial score (nSPS) is 20.8. The molecule has 7 heteroatoms. The number of hydrogen-bond acceptors (Lipinski definition) is 5. The van der Waals surface area contributed by atoms with Gasteiger partial charge in [-0.1, -0.05) is 18.2 Å². The summed E-state index contributed by atoms with van der Waals surface area (Å²) in [6, 6.07) is 12.6. The molecule has 0 fully saturated rings. The summed E-state index contributed by atoms with van der Waals surface area (Å²) >= 11 is 0. The van der Waals surface area contributed by atoms with E-state index < -0.39 is 22.0 Å². The van der Waals surface area contributed by atoms with E-state index in [-0.39, 0.29) is 12.1 Å². The maximum atomic E-state index is 11.1. The van der Waals surface area contributed by atoms with Crippen LogP contribution in [0.1, 0.15) is 37.8 Å². The Kier molecular flexibility index (Phi) is 4.33. The van der Waals surface area contributed by atoms with Gasteiger partial charge in [0.2, 0.25) is 5.72 Å². The van der Waals surface area contributed by atoms with Crippen LogP contribution < -0.4 is 9.64 Å². The van der Waals surface area contributed by atoms with Crippen molar-refractivity contribution in [2.75, 3.05) is 11.4 Å². The van der Waals surface area contributed by atoms with Crippen molar-refractivity contribution >= 4 is 23.4 Å². The number of nitro benzene ring substituents is 1. The fourth-order valence-electron chi connectivity index (χ4n) is 4.38. The number of anilines is 1. The van der Waals surface area contributed by atoms with Crippen molar-refractivity contribution < 1.29 is 19.6 Å². The number of fused-ring (bicyclic) bond motifs is 2. The van der Waals surface area contributed by atoms with E-state index in [9.17, 15) is 14.9 Å². The van der Waals surface area contributed by atoms with E-state index in [4.69, 9.17) is 9.84 Å². The number of ether oxygens (including phenoxy) is 1. The number of non-ortho nitro benzene ring substituents is 1. The molecule has 150 valence electrons. The van der Waals surface area contributed by atoms with Gasteiger partial charge in [0, 0.05) is 36.3 Å². The quantitative estimate of drug-likeness (QED) is 0.598. The molecule has 2 aromatic carbocycles. The second-order valence-corrected chi connectivity index (χ2v) is 7.90. The summed E-state index contributed by atoms with van der Waals surface area (Å²) in [5.41, 5.74) is 1.52. The highest BCUT2D eigenvalue weighted by atomic mass is 16.6. The number of carboxylic acid groups (broad SMARTS) is 1. The second kappa shape index (κ2) is 6.62. The molecule has 0 radical (unpaired) electrons. The Morgan fingerprint density at radius 1 is 1.24 bits per heavy atom. The number of para-hydroxylation sites is 1. The first kappa shape index (κ1) is 19.0. The number of aliphatic carboxylic acids is 1. The monoisotopic (exact) mass is 394 g/mol. The average Bonchev–Trinajstić information content (AvgIpc) is 2.86. The van der Waals surface area contributed by atoms with Crippen LogP contribution in [-0.4, -0.2) is 28.3 Å². The van der Waals surface area contributed by atoms with Crippen LogP contribution in [0.4, 0.5) is 11.4 Å². The number of carboxylic acids is 1. The first-order valence-electron chi connectivity index (χ1n) is 9.52. The molecule has 1 spiro atoms. The third-order valence-electron chi connectivity index (χ3n) is 5.90. The lowest BCUT2D eigenvalue weighted by Crippen LogP contribution is -2.59. The molecule has 1 N–H and O–H groups in total. The van der Waals surface area contributed by atoms with E-state index in [1.165, 1.54) is 12.1 Å². The number of nitrogens with zero attached hydrogens (tertiary/aromatic N) is 2. The van der Waals surface area contributed by atoms with Gasteiger partial charge in [-0.15, -0.1) is 0 Å². The van der Waals surface area contributed by atoms with E-state index in [0.29, 0.717) is 24.3 Å². The predicted molar refractivity (Wildman–Crippen MR) is 109 cm³/mol. The maximum Gasteiger partial charge on any atom is 0.303 e. The van der Waals surface area contributed by atoms with Crippen molar-refractivity contribution in [3.63, 3.8) is 0 Å². The molecule has 0 saturated carbocycles. The third kappa shape index (κ3) is 2.85. The number of carbonyl (C=O) groups is 1. The molecule has 2 aliphatic rings. The molecule has 2 aliphatic heterocycles. The molecule has 0 unspecified atom stereocenters. The molecule has 0 saturated heterocycles. The molecule has 0 amide bonds. The van der Waals surface area contributed by atoms with Crippen molar-refractivity contribution in [2.24, 2.45) is 0 Å². The summed E-state index contributed by atoms with van der Waals surface area (Å²) in [6.45, 7) is 4.72. The zero-order valence-electron chi connectivity index (χ0n) is 16.3. The smallest absolute Gasteiger partial charge is 0.303 e. The van der Waals surface area contributed by atoms with Gasteiger partial charge in [-0.2, -0.15) is 0 Å². The minimum absolute atomic E-state index is 0.0141. The molecular weight excluding hydrogens is 372 g/mol. The zero-order valence-corrected chi connectivity index (χ0v) is 16.3. The van der Waals surface area contributed by atoms with Crippen LogP contribution in [0.25, 0.3) is 6.08 Å². The first-order chi connectivity index (χ1) is 13.8. The van der Waals surface area contributed by atoms with Gasteiger partial charge >= 0.3 is 5.97 Å². The van der Waals surface area contributed by atoms with Crippen molar-refractivity contribution in [3.05, 3.63) is 69.8 Å². The largest absolute Gasteiger partial charge is 0.481 e. The number of hydrogen-bond donors (Lipinski definition) is 1. The number of rotatable bonds is 5. The van der Waals surface area contributed by atoms with Gasteiger partial charge in [-0.25, -0.2) is 0 Å². The fourth-order valence-corrected chi connectivity index (χ4v) is 4.38. The lowest BCUT2D eigenvalue weighted by Gasteiger charge is -2.47. The Balaban J connectivity index is 1.78. The summed E-state index contributed by atoms with van der Waals surface area (Å²) in [5, 5.41) is 20.2. The molecule has 1 atom stereocenters. The molecular formula is C22H22N2O5. The fraction of sp³-hybridized carbons (Fsp3) is 0.318. The van der Waals surface area contributed by atoms with Gasteiger partial charge in [-0.3, -0.25) is 14.9 Å². The van der Waals surface area contributed by atoms with Crippen molar-refractivity contribution in [2.45, 2.75) is 37.8 Å². The Morgan fingerprint density at radius 2 is 2.00 bits per heavy atom. The zero-order chi connectivity index (χ0) is 20.8. The van der Waals surface area contributed by atoms with E-state index in [1.807, 2.05) is 30.4 Å². The summed E-state index contributed by atoms with van der Waals surface area (Å²) < 4.78 is 6.55. The molecule has 29 heavy (non-hydrogen) atoms. The van der Waals surface area contributed by atoms with Crippen LogP contribution in [0.3, 0.4) is 0 Å². The minimum atomic E-state index is -0.849. The topological polar surface area (TPSA) is 92.9 Å². The van der Waals surface area contributed by atoms with Gasteiger partial charge < -0.3 is 14.7 Å². The number of nitro groups is 1. The van der Waals surface area contributed by atoms with Crippen LogP contribution in [0.5, 0.6) is 5.75 Å². The second-order valence-electron chi connectivity index (χ2n) is 7.90. The van der Waals surface area contributed by atoms with Gasteiger partial charge in [0.15, 0.2) is 0 Å². The van der Waals surface area contributed by atoms with E-state index in [2.05, 4.69) is 24.8 Å². The van der Waals surface area contributed by atoms with Gasteiger partial charge in [-0.05, 0) is 50.1 Å². The lowest BCUT2D eigenvalue weighted by molar-refractivity contribution is -0.384. The first-order valence-corrected chi connectivity index (χ1v) is 9.52. The minimum Gasteiger partial charge on any atom is -0.481 e. The molecule has 2 aromatic rings. The molecule has 7 nitrogen and oxygen atoms in total. The summed E-state index contributed by atoms with van der Waals surface area (Å²) in [6.07, 6.45) is 4.36. The van der Waals surface area contributed by atoms with Crippen molar-refractivity contribution in [3.8, 4) is 5.75 Å². The predicted octanol–water partition coefficient (Wildman–Crippen LogP) is 4.36. The lowest BCUT2D eigenvalue weighted by atomic mass is 9.76. The van der Waals surface area contributed by atoms with E-state index >= 15 is 0 Å². The highest BCUT2D eigenvalue weighted by molar-refractivity contribution is 5.73. The highest BCUT2D eigenvalue weighted by Crippen LogP contribution is 2.55. The van der Waals surface area contributed by atoms with Crippen LogP contribution in [0.15, 0.2) is 48.5 Å². The van der Waals surface area contributed by atoms with Gasteiger partial charge in [0.1, 0.15) is 5.75 Å². The number of benzene rings is 2. The Morgan fingerprint density at radius 3 is 2.72 bits per heavy atom. The molecule has 2 heterocycles. The van der Waals surface area contributed by atoms with Crippen LogP contribution in [-0.2, 0) is 10.2 Å². The molecule has 4 rings (SSSR count). The van der Waals surface area contributed by atoms with Crippen molar-refractivity contribution in [1.29, 1.82) is 0 Å². The standard InChI is InChI=1S/C22H22N2O5/c1-21(2)17-6-3-4-7-18(17)23(13-5-8-20(25)26)22(21)12-11-15-14-16(24(27)28)9-10-19(15)29-22/h3-4,6-7,9-12,14H,5,8,13H2,1-2H3,(H,25,26)/t22-/m1/s1. The van der Waals surface area contributed by atoms with Crippen LogP contribution >= 0.6 is 0 Å².